The molecule has 0 saturated carbocycles. The SMILES string of the molecule is CN=C(NCCCN1CCC(C)CC1)NCc1ccc(C(=O)NCC(N)=O)cc1. The third kappa shape index (κ3) is 8.51. The number of likely N-dealkylation sites (tertiary alicyclic amines) is 1. The van der Waals surface area contributed by atoms with Crippen molar-refractivity contribution in [2.75, 3.05) is 39.8 Å². The first-order chi connectivity index (χ1) is 14.0. The molecule has 0 bridgehead atoms. The van der Waals surface area contributed by atoms with Crippen LogP contribution >= 0.6 is 0 Å². The second-order valence-corrected chi connectivity index (χ2v) is 7.58. The van der Waals surface area contributed by atoms with E-state index in [1.807, 2.05) is 12.1 Å². The molecule has 2 rings (SSSR count). The van der Waals surface area contributed by atoms with Crippen molar-refractivity contribution in [1.82, 2.24) is 20.9 Å². The summed E-state index contributed by atoms with van der Waals surface area (Å²) in [4.78, 5) is 29.4. The molecule has 0 aliphatic carbocycles. The number of hydrogen-bond acceptors (Lipinski definition) is 4. The smallest absolute Gasteiger partial charge is 0.251 e. The summed E-state index contributed by atoms with van der Waals surface area (Å²) in [5.74, 6) is 0.749. The van der Waals surface area contributed by atoms with E-state index in [4.69, 9.17) is 5.73 Å². The molecule has 5 N–H and O–H groups in total. The summed E-state index contributed by atoms with van der Waals surface area (Å²) >= 11 is 0. The number of nitrogens with zero attached hydrogens (tertiary/aromatic N) is 2. The van der Waals surface area contributed by atoms with Crippen molar-refractivity contribution in [2.45, 2.75) is 32.7 Å². The zero-order valence-electron chi connectivity index (χ0n) is 17.5. The Morgan fingerprint density at radius 1 is 1.14 bits per heavy atom. The molecular formula is C21H34N6O2. The Labute approximate surface area is 173 Å². The largest absolute Gasteiger partial charge is 0.368 e. The van der Waals surface area contributed by atoms with Crippen LogP contribution in [0.3, 0.4) is 0 Å². The summed E-state index contributed by atoms with van der Waals surface area (Å²) in [5.41, 5.74) is 6.55. The first kappa shape index (κ1) is 22.7. The van der Waals surface area contributed by atoms with Crippen LogP contribution in [0.2, 0.25) is 0 Å². The maximum absolute atomic E-state index is 11.9. The molecule has 0 unspecified atom stereocenters. The van der Waals surface area contributed by atoms with E-state index in [1.54, 1.807) is 19.2 Å². The van der Waals surface area contributed by atoms with Crippen LogP contribution in [0, 0.1) is 5.92 Å². The van der Waals surface area contributed by atoms with Gasteiger partial charge in [-0.05, 0) is 62.5 Å². The highest BCUT2D eigenvalue weighted by atomic mass is 16.2. The number of carbonyl (C=O) groups excluding carboxylic acids is 2. The van der Waals surface area contributed by atoms with Gasteiger partial charge in [0.15, 0.2) is 5.96 Å². The average molecular weight is 403 g/mol. The maximum atomic E-state index is 11.9. The highest BCUT2D eigenvalue weighted by Gasteiger charge is 2.14. The molecule has 1 saturated heterocycles. The van der Waals surface area contributed by atoms with Crippen LogP contribution in [0.25, 0.3) is 0 Å². The lowest BCUT2D eigenvalue weighted by molar-refractivity contribution is -0.117. The minimum atomic E-state index is -0.566. The number of primary amides is 1. The second-order valence-electron chi connectivity index (χ2n) is 7.58. The average Bonchev–Trinajstić information content (AvgIpc) is 2.73. The third-order valence-corrected chi connectivity index (χ3v) is 5.14. The summed E-state index contributed by atoms with van der Waals surface area (Å²) < 4.78 is 0. The van der Waals surface area contributed by atoms with Crippen LogP contribution in [-0.4, -0.2) is 62.4 Å². The van der Waals surface area contributed by atoms with Crippen LogP contribution in [0.1, 0.15) is 42.1 Å². The fourth-order valence-corrected chi connectivity index (χ4v) is 3.24. The monoisotopic (exact) mass is 402 g/mol. The van der Waals surface area contributed by atoms with Crippen LogP contribution in [0.15, 0.2) is 29.3 Å². The Morgan fingerprint density at radius 2 is 1.83 bits per heavy atom. The number of benzene rings is 1. The molecule has 1 aromatic carbocycles. The van der Waals surface area contributed by atoms with Gasteiger partial charge in [0.25, 0.3) is 5.91 Å². The molecule has 0 atom stereocenters. The Balaban J connectivity index is 1.66. The minimum absolute atomic E-state index is 0.166. The number of nitrogens with two attached hydrogens (primary N) is 1. The van der Waals surface area contributed by atoms with Crippen molar-refractivity contribution in [3.05, 3.63) is 35.4 Å². The Morgan fingerprint density at radius 3 is 2.45 bits per heavy atom. The minimum Gasteiger partial charge on any atom is -0.368 e. The molecular weight excluding hydrogens is 368 g/mol. The van der Waals surface area contributed by atoms with Crippen molar-refractivity contribution in [3.63, 3.8) is 0 Å². The predicted molar refractivity (Wildman–Crippen MR) is 116 cm³/mol. The van der Waals surface area contributed by atoms with E-state index >= 15 is 0 Å². The molecule has 0 spiro atoms. The molecule has 160 valence electrons. The van der Waals surface area contributed by atoms with Gasteiger partial charge < -0.3 is 26.6 Å². The number of carbonyl (C=O) groups is 2. The number of piperidine rings is 1. The van der Waals surface area contributed by atoms with Gasteiger partial charge in [0.05, 0.1) is 6.54 Å². The molecule has 1 aliphatic rings. The first-order valence-corrected chi connectivity index (χ1v) is 10.3. The molecule has 1 fully saturated rings. The fraction of sp³-hybridized carbons (Fsp3) is 0.571. The maximum Gasteiger partial charge on any atom is 0.251 e. The quantitative estimate of drug-likeness (QED) is 0.276. The first-order valence-electron chi connectivity index (χ1n) is 10.3. The molecule has 8 heteroatoms. The van der Waals surface area contributed by atoms with Crippen LogP contribution in [0.4, 0.5) is 0 Å². The molecule has 1 aromatic rings. The highest BCUT2D eigenvalue weighted by molar-refractivity contribution is 5.96. The van der Waals surface area contributed by atoms with Crippen LogP contribution < -0.4 is 21.7 Å². The van der Waals surface area contributed by atoms with Gasteiger partial charge in [-0.15, -0.1) is 0 Å². The summed E-state index contributed by atoms with van der Waals surface area (Å²) in [6, 6.07) is 7.19. The van der Waals surface area contributed by atoms with E-state index in [0.717, 1.165) is 37.0 Å². The summed E-state index contributed by atoms with van der Waals surface area (Å²) in [6.07, 6.45) is 3.70. The number of guanidine groups is 1. The fourth-order valence-electron chi connectivity index (χ4n) is 3.24. The van der Waals surface area contributed by atoms with E-state index in [-0.39, 0.29) is 12.5 Å². The molecule has 8 nitrogen and oxygen atoms in total. The van der Waals surface area contributed by atoms with Crippen molar-refractivity contribution >= 4 is 17.8 Å². The van der Waals surface area contributed by atoms with Crippen LogP contribution in [-0.2, 0) is 11.3 Å². The molecule has 0 aromatic heterocycles. The van der Waals surface area contributed by atoms with E-state index < -0.39 is 5.91 Å². The summed E-state index contributed by atoms with van der Waals surface area (Å²) in [7, 11) is 1.76. The summed E-state index contributed by atoms with van der Waals surface area (Å²) in [5, 5.41) is 9.10. The zero-order chi connectivity index (χ0) is 21.1. The van der Waals surface area contributed by atoms with E-state index in [9.17, 15) is 9.59 Å². The predicted octanol–water partition coefficient (Wildman–Crippen LogP) is 0.689. The Hall–Kier alpha value is -2.61. The van der Waals surface area contributed by atoms with Gasteiger partial charge >= 0.3 is 0 Å². The lowest BCUT2D eigenvalue weighted by Gasteiger charge is -2.30. The standard InChI is InChI=1S/C21H34N6O2/c1-16-8-12-27(13-9-16)11-3-10-24-21(23-2)26-14-17-4-6-18(7-5-17)20(29)25-15-19(22)28/h4-7,16H,3,8-15H2,1-2H3,(H2,22,28)(H,25,29)(H2,23,24,26). The number of rotatable bonds is 9. The normalized spacial score (nSPS) is 15.7. The van der Waals surface area contributed by atoms with Gasteiger partial charge in [-0.2, -0.15) is 0 Å². The van der Waals surface area contributed by atoms with E-state index in [0.29, 0.717) is 12.1 Å². The van der Waals surface area contributed by atoms with Crippen molar-refractivity contribution < 1.29 is 9.59 Å². The Kier molecular flexibility index (Phi) is 9.43. The molecule has 0 radical (unpaired) electrons. The lowest BCUT2D eigenvalue weighted by Crippen LogP contribution is -2.39. The highest BCUT2D eigenvalue weighted by Crippen LogP contribution is 2.15. The number of aliphatic imine (C=N–C) groups is 1. The molecule has 1 aliphatic heterocycles. The topological polar surface area (TPSA) is 112 Å². The number of amides is 2. The van der Waals surface area contributed by atoms with Gasteiger partial charge in [0.1, 0.15) is 0 Å². The number of hydrogen-bond donors (Lipinski definition) is 4. The van der Waals surface area contributed by atoms with Crippen molar-refractivity contribution in [2.24, 2.45) is 16.6 Å². The second kappa shape index (κ2) is 12.1. The zero-order valence-corrected chi connectivity index (χ0v) is 17.5. The van der Waals surface area contributed by atoms with E-state index in [2.05, 4.69) is 32.8 Å². The number of nitrogens with one attached hydrogen (secondary N) is 3. The van der Waals surface area contributed by atoms with Crippen molar-refractivity contribution in [3.8, 4) is 0 Å². The third-order valence-electron chi connectivity index (χ3n) is 5.14. The molecule has 2 amide bonds. The molecule has 29 heavy (non-hydrogen) atoms. The van der Waals surface area contributed by atoms with Gasteiger partial charge in [-0.3, -0.25) is 14.6 Å². The van der Waals surface area contributed by atoms with Gasteiger partial charge in [-0.25, -0.2) is 0 Å². The van der Waals surface area contributed by atoms with Crippen LogP contribution in [0.5, 0.6) is 0 Å². The summed E-state index contributed by atoms with van der Waals surface area (Å²) in [6.45, 7) is 7.20. The van der Waals surface area contributed by atoms with Crippen molar-refractivity contribution in [1.29, 1.82) is 0 Å². The van der Waals surface area contributed by atoms with Gasteiger partial charge in [0.2, 0.25) is 5.91 Å². The Bertz CT molecular complexity index is 681. The van der Waals surface area contributed by atoms with Gasteiger partial charge in [0, 0.05) is 25.7 Å². The van der Waals surface area contributed by atoms with E-state index in [1.165, 1.54) is 25.9 Å². The van der Waals surface area contributed by atoms with Gasteiger partial charge in [-0.1, -0.05) is 19.1 Å². The lowest BCUT2D eigenvalue weighted by atomic mass is 9.99. The molecule has 1 heterocycles.